The summed E-state index contributed by atoms with van der Waals surface area (Å²) in [5, 5.41) is 3.68. The maximum absolute atomic E-state index is 6.41. The predicted octanol–water partition coefficient (Wildman–Crippen LogP) is 7.82. The molecule has 3 heteroatoms. The van der Waals surface area contributed by atoms with Crippen LogP contribution in [0.1, 0.15) is 22.9 Å². The van der Waals surface area contributed by atoms with Gasteiger partial charge in [-0.1, -0.05) is 92.0 Å². The van der Waals surface area contributed by atoms with Crippen LogP contribution in [-0.4, -0.2) is 0 Å². The summed E-state index contributed by atoms with van der Waals surface area (Å²) >= 11 is 0. The van der Waals surface area contributed by atoms with Crippen molar-refractivity contribution in [1.82, 2.24) is 0 Å². The highest BCUT2D eigenvalue weighted by Gasteiger charge is 2.31. The third-order valence-corrected chi connectivity index (χ3v) is 6.41. The third-order valence-electron chi connectivity index (χ3n) is 6.41. The fraction of sp³-hybridized carbons (Fsp3) is 0.0625. The predicted molar refractivity (Wildman–Crippen MR) is 150 cm³/mol. The Morgan fingerprint density at radius 3 is 2.37 bits per heavy atom. The Balaban J connectivity index is 1.61. The van der Waals surface area contributed by atoms with E-state index in [0.29, 0.717) is 0 Å². The molecule has 3 N–H and O–H groups in total. The summed E-state index contributed by atoms with van der Waals surface area (Å²) in [5.74, 6) is 0. The number of para-hydroxylation sites is 3. The molecule has 0 aromatic heterocycles. The number of benzene rings is 4. The summed E-state index contributed by atoms with van der Waals surface area (Å²) in [6.07, 6.45) is 5.64. The van der Waals surface area contributed by atoms with Crippen LogP contribution in [0.3, 0.4) is 0 Å². The standard InChI is InChI=1S/C32H29N3/c1-3-12-24(4-2)26-19-23(20-27(21-26)25-13-6-5-7-14-25)22-35-31-18-11-10-17-30(31)34-32(35)28-15-8-9-16-29(28)33/h3-21,32,34H,1-2,22,33H2/b24-12+. The number of hydrogen-bond acceptors (Lipinski definition) is 3. The number of nitrogens with one attached hydrogen (secondary N) is 1. The average molecular weight is 456 g/mol. The van der Waals surface area contributed by atoms with Crippen LogP contribution in [-0.2, 0) is 6.54 Å². The van der Waals surface area contributed by atoms with Gasteiger partial charge >= 0.3 is 0 Å². The Kier molecular flexibility index (Phi) is 6.23. The van der Waals surface area contributed by atoms with Crippen LogP contribution in [0.4, 0.5) is 17.1 Å². The van der Waals surface area contributed by atoms with Crippen molar-refractivity contribution in [3.8, 4) is 11.1 Å². The van der Waals surface area contributed by atoms with Gasteiger partial charge in [-0.25, -0.2) is 0 Å². The van der Waals surface area contributed by atoms with E-state index < -0.39 is 0 Å². The monoisotopic (exact) mass is 455 g/mol. The molecular formula is C32H29N3. The third kappa shape index (κ3) is 4.49. The first-order chi connectivity index (χ1) is 17.2. The van der Waals surface area contributed by atoms with E-state index in [1.807, 2.05) is 36.4 Å². The largest absolute Gasteiger partial charge is 0.398 e. The highest BCUT2D eigenvalue weighted by Crippen LogP contribution is 2.43. The summed E-state index contributed by atoms with van der Waals surface area (Å²) in [7, 11) is 0. The average Bonchev–Trinajstić information content (AvgIpc) is 3.26. The zero-order valence-electron chi connectivity index (χ0n) is 19.7. The van der Waals surface area contributed by atoms with Gasteiger partial charge in [-0.05, 0) is 64.2 Å². The molecule has 35 heavy (non-hydrogen) atoms. The number of fused-ring (bicyclic) bond motifs is 1. The van der Waals surface area contributed by atoms with Crippen molar-refractivity contribution in [3.05, 3.63) is 145 Å². The zero-order valence-corrected chi connectivity index (χ0v) is 19.7. The van der Waals surface area contributed by atoms with Gasteiger partial charge in [-0.3, -0.25) is 0 Å². The molecule has 0 saturated carbocycles. The van der Waals surface area contributed by atoms with Crippen LogP contribution in [0.15, 0.2) is 128 Å². The van der Waals surface area contributed by atoms with Crippen LogP contribution >= 0.6 is 0 Å². The van der Waals surface area contributed by atoms with E-state index in [-0.39, 0.29) is 6.17 Å². The lowest BCUT2D eigenvalue weighted by molar-refractivity contribution is 0.714. The number of nitrogens with two attached hydrogens (primary N) is 1. The van der Waals surface area contributed by atoms with Crippen LogP contribution in [0.2, 0.25) is 0 Å². The van der Waals surface area contributed by atoms with E-state index in [1.54, 1.807) is 6.08 Å². The van der Waals surface area contributed by atoms with Gasteiger partial charge in [0.05, 0.1) is 11.4 Å². The SMILES string of the molecule is C=C/C=C(\C=C)c1cc(CN2c3ccccc3NC2c2ccccc2N)cc(-c2ccccc2)c1. The van der Waals surface area contributed by atoms with Gasteiger partial charge in [0.25, 0.3) is 0 Å². The molecule has 0 saturated heterocycles. The molecule has 0 fully saturated rings. The second-order valence-electron chi connectivity index (χ2n) is 8.67. The number of nitrogens with zero attached hydrogens (tertiary/aromatic N) is 1. The van der Waals surface area contributed by atoms with E-state index in [0.717, 1.165) is 40.3 Å². The number of nitrogen functional groups attached to an aromatic ring is 1. The highest BCUT2D eigenvalue weighted by atomic mass is 15.3. The van der Waals surface area contributed by atoms with Crippen molar-refractivity contribution >= 4 is 22.6 Å². The van der Waals surface area contributed by atoms with Gasteiger partial charge in [-0.2, -0.15) is 0 Å². The Hall–Kier alpha value is -4.50. The maximum atomic E-state index is 6.41. The summed E-state index contributed by atoms with van der Waals surface area (Å²) in [6, 6.07) is 33.7. The molecule has 0 bridgehead atoms. The number of allylic oxidation sites excluding steroid dienone is 4. The van der Waals surface area contributed by atoms with E-state index in [1.165, 1.54) is 16.7 Å². The van der Waals surface area contributed by atoms with E-state index >= 15 is 0 Å². The minimum absolute atomic E-state index is 0.0555. The van der Waals surface area contributed by atoms with Crippen molar-refractivity contribution in [2.24, 2.45) is 0 Å². The molecule has 1 aliphatic heterocycles. The summed E-state index contributed by atoms with van der Waals surface area (Å²) in [5.41, 5.74) is 16.3. The molecule has 0 amide bonds. The summed E-state index contributed by atoms with van der Waals surface area (Å²) in [4.78, 5) is 2.39. The first-order valence-electron chi connectivity index (χ1n) is 11.8. The molecule has 0 aliphatic carbocycles. The highest BCUT2D eigenvalue weighted by molar-refractivity contribution is 5.80. The first kappa shape index (κ1) is 22.3. The van der Waals surface area contributed by atoms with Crippen molar-refractivity contribution in [1.29, 1.82) is 0 Å². The van der Waals surface area contributed by atoms with Crippen molar-refractivity contribution in [2.45, 2.75) is 12.7 Å². The zero-order chi connectivity index (χ0) is 24.2. The van der Waals surface area contributed by atoms with Gasteiger partial charge in [0.1, 0.15) is 6.17 Å². The fourth-order valence-corrected chi connectivity index (χ4v) is 4.75. The quantitative estimate of drug-likeness (QED) is 0.220. The van der Waals surface area contributed by atoms with Crippen LogP contribution in [0.25, 0.3) is 16.7 Å². The molecule has 4 aromatic rings. The van der Waals surface area contributed by atoms with E-state index in [4.69, 9.17) is 5.73 Å². The molecule has 0 spiro atoms. The van der Waals surface area contributed by atoms with E-state index in [9.17, 15) is 0 Å². The molecule has 1 unspecified atom stereocenters. The lowest BCUT2D eigenvalue weighted by atomic mass is 9.95. The molecule has 1 heterocycles. The topological polar surface area (TPSA) is 41.3 Å². The molecule has 172 valence electrons. The molecule has 1 atom stereocenters. The normalized spacial score (nSPS) is 14.8. The van der Waals surface area contributed by atoms with Crippen molar-refractivity contribution in [3.63, 3.8) is 0 Å². The number of hydrogen-bond donors (Lipinski definition) is 2. The summed E-state index contributed by atoms with van der Waals surface area (Å²) < 4.78 is 0. The van der Waals surface area contributed by atoms with E-state index in [2.05, 4.69) is 96.2 Å². The minimum atomic E-state index is -0.0555. The Morgan fingerprint density at radius 1 is 0.857 bits per heavy atom. The van der Waals surface area contributed by atoms with Crippen LogP contribution < -0.4 is 16.0 Å². The molecule has 0 radical (unpaired) electrons. The smallest absolute Gasteiger partial charge is 0.128 e. The maximum Gasteiger partial charge on any atom is 0.128 e. The molecule has 4 aromatic carbocycles. The Bertz CT molecular complexity index is 1400. The van der Waals surface area contributed by atoms with Gasteiger partial charge in [0, 0.05) is 17.8 Å². The lowest BCUT2D eigenvalue weighted by Crippen LogP contribution is -2.28. The molecule has 5 rings (SSSR count). The van der Waals surface area contributed by atoms with Gasteiger partial charge in [0.2, 0.25) is 0 Å². The van der Waals surface area contributed by atoms with Gasteiger partial charge < -0.3 is 16.0 Å². The second kappa shape index (κ2) is 9.78. The molecule has 1 aliphatic rings. The molecule has 3 nitrogen and oxygen atoms in total. The molecular weight excluding hydrogens is 426 g/mol. The van der Waals surface area contributed by atoms with Crippen LogP contribution in [0.5, 0.6) is 0 Å². The number of rotatable bonds is 7. The Labute approximate surface area is 207 Å². The fourth-order valence-electron chi connectivity index (χ4n) is 4.75. The Morgan fingerprint density at radius 2 is 1.60 bits per heavy atom. The van der Waals surface area contributed by atoms with Crippen molar-refractivity contribution in [2.75, 3.05) is 16.0 Å². The minimum Gasteiger partial charge on any atom is -0.398 e. The first-order valence-corrected chi connectivity index (χ1v) is 11.8. The van der Waals surface area contributed by atoms with Crippen LogP contribution in [0, 0.1) is 0 Å². The summed E-state index contributed by atoms with van der Waals surface area (Å²) in [6.45, 7) is 8.63. The number of anilines is 3. The second-order valence-corrected chi connectivity index (χ2v) is 8.67. The lowest BCUT2D eigenvalue weighted by Gasteiger charge is -2.28. The van der Waals surface area contributed by atoms with Gasteiger partial charge in [0.15, 0.2) is 0 Å². The van der Waals surface area contributed by atoms with Crippen molar-refractivity contribution < 1.29 is 0 Å². The van der Waals surface area contributed by atoms with Gasteiger partial charge in [-0.15, -0.1) is 0 Å².